The first-order valence-electron chi connectivity index (χ1n) is 8.60. The Morgan fingerprint density at radius 3 is 3.04 bits per heavy atom. The maximum atomic E-state index is 12.2. The largest absolute Gasteiger partial charge is 0.465 e. The van der Waals surface area contributed by atoms with E-state index >= 15 is 0 Å². The van der Waals surface area contributed by atoms with Gasteiger partial charge in [0, 0.05) is 5.56 Å². The van der Waals surface area contributed by atoms with E-state index in [0.29, 0.717) is 29.7 Å². The number of hydrogen-bond donors (Lipinski definition) is 1. The van der Waals surface area contributed by atoms with Crippen molar-refractivity contribution in [2.75, 3.05) is 24.5 Å². The van der Waals surface area contributed by atoms with Crippen LogP contribution in [-0.2, 0) is 20.9 Å². The molecule has 1 aromatic carbocycles. The van der Waals surface area contributed by atoms with Crippen LogP contribution in [0.5, 0.6) is 11.5 Å². The standard InChI is InChI=1S/C18H19N3O5S/c1-3-24-15(23)7-21-18-16(10(2)20-21)17(27-8-14(22)19-18)11-4-5-12-13(6-11)26-9-25-12/h4-6,17H,3,7-9H2,1-2H3,(H,19,22)/t17-/m1/s1. The predicted octanol–water partition coefficient (Wildman–Crippen LogP) is 2.26. The highest BCUT2D eigenvalue weighted by Crippen LogP contribution is 2.45. The summed E-state index contributed by atoms with van der Waals surface area (Å²) >= 11 is 1.51. The minimum absolute atomic E-state index is 0.0528. The van der Waals surface area contributed by atoms with Gasteiger partial charge >= 0.3 is 5.97 Å². The Morgan fingerprint density at radius 2 is 2.22 bits per heavy atom. The first-order chi connectivity index (χ1) is 13.1. The van der Waals surface area contributed by atoms with Gasteiger partial charge in [0.05, 0.1) is 23.3 Å². The molecule has 8 nitrogen and oxygen atoms in total. The van der Waals surface area contributed by atoms with Gasteiger partial charge in [-0.3, -0.25) is 9.59 Å². The molecule has 1 amide bonds. The third-order valence-electron chi connectivity index (χ3n) is 4.36. The summed E-state index contributed by atoms with van der Waals surface area (Å²) in [6, 6.07) is 5.77. The molecule has 0 saturated carbocycles. The van der Waals surface area contributed by atoms with E-state index in [4.69, 9.17) is 14.2 Å². The zero-order valence-electron chi connectivity index (χ0n) is 15.0. The molecule has 2 aromatic rings. The highest BCUT2D eigenvalue weighted by molar-refractivity contribution is 8.00. The molecule has 4 rings (SSSR count). The van der Waals surface area contributed by atoms with Gasteiger partial charge < -0.3 is 19.5 Å². The second-order valence-corrected chi connectivity index (χ2v) is 7.26. The number of aromatic nitrogens is 2. The van der Waals surface area contributed by atoms with Gasteiger partial charge in [-0.25, -0.2) is 4.68 Å². The van der Waals surface area contributed by atoms with Crippen LogP contribution < -0.4 is 14.8 Å². The minimum atomic E-state index is -0.395. The number of carbonyl (C=O) groups excluding carboxylic acids is 2. The number of carbonyl (C=O) groups is 2. The van der Waals surface area contributed by atoms with Gasteiger partial charge in [-0.05, 0) is 31.5 Å². The molecule has 1 aromatic heterocycles. The molecule has 27 heavy (non-hydrogen) atoms. The molecule has 0 unspecified atom stereocenters. The van der Waals surface area contributed by atoms with Crippen molar-refractivity contribution in [3.63, 3.8) is 0 Å². The molecule has 3 heterocycles. The number of thioether (sulfide) groups is 1. The first kappa shape index (κ1) is 17.7. The van der Waals surface area contributed by atoms with E-state index in [-0.39, 0.29) is 24.5 Å². The number of anilines is 1. The molecule has 1 atom stereocenters. The minimum Gasteiger partial charge on any atom is -0.465 e. The van der Waals surface area contributed by atoms with Crippen molar-refractivity contribution in [1.29, 1.82) is 0 Å². The quantitative estimate of drug-likeness (QED) is 0.802. The van der Waals surface area contributed by atoms with Crippen molar-refractivity contribution in [1.82, 2.24) is 9.78 Å². The van der Waals surface area contributed by atoms with Crippen molar-refractivity contribution >= 4 is 29.5 Å². The average molecular weight is 389 g/mol. The Kier molecular flexibility index (Phi) is 4.69. The molecule has 1 N–H and O–H groups in total. The highest BCUT2D eigenvalue weighted by atomic mass is 32.2. The fourth-order valence-corrected chi connectivity index (χ4v) is 4.41. The molecule has 0 radical (unpaired) electrons. The van der Waals surface area contributed by atoms with Crippen molar-refractivity contribution in [2.24, 2.45) is 0 Å². The summed E-state index contributed by atoms with van der Waals surface area (Å²) in [6.07, 6.45) is 0. The average Bonchev–Trinajstić information content (AvgIpc) is 3.15. The third kappa shape index (κ3) is 3.34. The van der Waals surface area contributed by atoms with Crippen molar-refractivity contribution in [2.45, 2.75) is 25.6 Å². The van der Waals surface area contributed by atoms with Gasteiger partial charge in [0.15, 0.2) is 11.5 Å². The zero-order valence-corrected chi connectivity index (χ0v) is 15.8. The smallest absolute Gasteiger partial charge is 0.327 e. The number of benzene rings is 1. The van der Waals surface area contributed by atoms with Gasteiger partial charge in [0.1, 0.15) is 12.4 Å². The summed E-state index contributed by atoms with van der Waals surface area (Å²) in [7, 11) is 0. The third-order valence-corrected chi connectivity index (χ3v) is 5.63. The lowest BCUT2D eigenvalue weighted by Crippen LogP contribution is -2.20. The SMILES string of the molecule is CCOC(=O)Cn1nc(C)c2c1NC(=O)CS[C@@H]2c1ccc2c(c1)OCO2. The number of esters is 1. The van der Waals surface area contributed by atoms with Crippen LogP contribution in [0.1, 0.15) is 29.0 Å². The number of amides is 1. The summed E-state index contributed by atoms with van der Waals surface area (Å²) < 4.78 is 17.4. The Bertz CT molecular complexity index is 911. The molecule has 0 saturated heterocycles. The maximum absolute atomic E-state index is 12.2. The number of ether oxygens (including phenoxy) is 3. The van der Waals surface area contributed by atoms with E-state index in [1.165, 1.54) is 16.4 Å². The fourth-order valence-electron chi connectivity index (χ4n) is 3.23. The number of aryl methyl sites for hydroxylation is 1. The van der Waals surface area contributed by atoms with Crippen molar-refractivity contribution < 1.29 is 23.8 Å². The van der Waals surface area contributed by atoms with Crippen LogP contribution in [-0.4, -0.2) is 40.8 Å². The van der Waals surface area contributed by atoms with E-state index in [1.54, 1.807) is 6.92 Å². The van der Waals surface area contributed by atoms with E-state index in [1.807, 2.05) is 25.1 Å². The Morgan fingerprint density at radius 1 is 1.41 bits per heavy atom. The van der Waals surface area contributed by atoms with Crippen LogP contribution in [0, 0.1) is 6.92 Å². The zero-order chi connectivity index (χ0) is 19.0. The van der Waals surface area contributed by atoms with Gasteiger partial charge in [-0.1, -0.05) is 6.07 Å². The van der Waals surface area contributed by atoms with Crippen LogP contribution in [0.25, 0.3) is 0 Å². The lowest BCUT2D eigenvalue weighted by Gasteiger charge is -2.16. The molecule has 0 bridgehead atoms. The normalized spacial score (nSPS) is 17.9. The van der Waals surface area contributed by atoms with E-state index in [2.05, 4.69) is 10.4 Å². The summed E-state index contributed by atoms with van der Waals surface area (Å²) in [5.74, 6) is 1.71. The first-order valence-corrected chi connectivity index (χ1v) is 9.65. The van der Waals surface area contributed by atoms with Crippen molar-refractivity contribution in [3.8, 4) is 11.5 Å². The molecular formula is C18H19N3O5S. The fraction of sp³-hybridized carbons (Fsp3) is 0.389. The molecule has 0 fully saturated rings. The number of nitrogens with zero attached hydrogens (tertiary/aromatic N) is 2. The summed E-state index contributed by atoms with van der Waals surface area (Å²) in [5, 5.41) is 7.24. The molecule has 2 aliphatic heterocycles. The number of fused-ring (bicyclic) bond motifs is 2. The van der Waals surface area contributed by atoms with Gasteiger partial charge in [-0.15, -0.1) is 11.8 Å². The van der Waals surface area contributed by atoms with Crippen molar-refractivity contribution in [3.05, 3.63) is 35.0 Å². The Balaban J connectivity index is 1.75. The lowest BCUT2D eigenvalue weighted by molar-refractivity contribution is -0.144. The Hall–Kier alpha value is -2.68. The van der Waals surface area contributed by atoms with Gasteiger partial charge in [0.2, 0.25) is 12.7 Å². The monoisotopic (exact) mass is 389 g/mol. The maximum Gasteiger partial charge on any atom is 0.327 e. The summed E-state index contributed by atoms with van der Waals surface area (Å²) in [4.78, 5) is 24.2. The number of rotatable bonds is 4. The highest BCUT2D eigenvalue weighted by Gasteiger charge is 2.31. The second kappa shape index (κ2) is 7.15. The molecule has 2 aliphatic rings. The van der Waals surface area contributed by atoms with Crippen LogP contribution in [0.2, 0.25) is 0 Å². The topological polar surface area (TPSA) is 91.7 Å². The van der Waals surface area contributed by atoms with Crippen LogP contribution in [0.4, 0.5) is 5.82 Å². The van der Waals surface area contributed by atoms with E-state index in [0.717, 1.165) is 16.8 Å². The molecule has 142 valence electrons. The van der Waals surface area contributed by atoms with E-state index < -0.39 is 5.97 Å². The summed E-state index contributed by atoms with van der Waals surface area (Å²) in [6.45, 7) is 4.07. The van der Waals surface area contributed by atoms with Crippen LogP contribution >= 0.6 is 11.8 Å². The summed E-state index contributed by atoms with van der Waals surface area (Å²) in [5.41, 5.74) is 2.63. The van der Waals surface area contributed by atoms with Crippen LogP contribution in [0.3, 0.4) is 0 Å². The molecule has 9 heteroatoms. The van der Waals surface area contributed by atoms with E-state index in [9.17, 15) is 9.59 Å². The Labute approximate surface area is 160 Å². The number of nitrogens with one attached hydrogen (secondary N) is 1. The molecule has 0 spiro atoms. The predicted molar refractivity (Wildman–Crippen MR) is 99.1 cm³/mol. The van der Waals surface area contributed by atoms with Crippen LogP contribution in [0.15, 0.2) is 18.2 Å². The molecular weight excluding hydrogens is 370 g/mol. The number of hydrogen-bond acceptors (Lipinski definition) is 7. The molecule has 0 aliphatic carbocycles. The van der Waals surface area contributed by atoms with Gasteiger partial charge in [0.25, 0.3) is 0 Å². The van der Waals surface area contributed by atoms with Gasteiger partial charge in [-0.2, -0.15) is 5.10 Å². The second-order valence-electron chi connectivity index (χ2n) is 6.16. The lowest BCUT2D eigenvalue weighted by atomic mass is 10.0.